The quantitative estimate of drug-likeness (QED) is 0.875. The number of ether oxygens (including phenoxy) is 1. The summed E-state index contributed by atoms with van der Waals surface area (Å²) in [4.78, 5) is 12.2. The van der Waals surface area contributed by atoms with Crippen LogP contribution in [0.1, 0.15) is 24.8 Å². The van der Waals surface area contributed by atoms with Crippen LogP contribution in [0.15, 0.2) is 24.3 Å². The summed E-state index contributed by atoms with van der Waals surface area (Å²) in [6.45, 7) is 5.41. The molecule has 2 atom stereocenters. The van der Waals surface area contributed by atoms with Gasteiger partial charge >= 0.3 is 0 Å². The Morgan fingerprint density at radius 1 is 1.45 bits per heavy atom. The highest BCUT2D eigenvalue weighted by molar-refractivity contribution is 5.78. The number of rotatable bonds is 4. The molecule has 1 amide bonds. The van der Waals surface area contributed by atoms with E-state index >= 15 is 0 Å². The van der Waals surface area contributed by atoms with E-state index in [1.54, 1.807) is 0 Å². The first kappa shape index (κ1) is 13.4. The summed E-state index contributed by atoms with van der Waals surface area (Å²) in [5.41, 5.74) is 1.22. The summed E-state index contributed by atoms with van der Waals surface area (Å²) in [5.74, 6) is 2.12. The number of carbonyl (C=O) groups is 1. The monoisotopic (exact) mass is 274 g/mol. The maximum atomic E-state index is 12.2. The lowest BCUT2D eigenvalue weighted by Crippen LogP contribution is -2.50. The fraction of sp³-hybridized carbons (Fsp3) is 0.562. The maximum Gasteiger partial charge on any atom is 0.223 e. The van der Waals surface area contributed by atoms with Gasteiger partial charge in [0.2, 0.25) is 5.91 Å². The van der Waals surface area contributed by atoms with Crippen molar-refractivity contribution in [2.45, 2.75) is 19.3 Å². The summed E-state index contributed by atoms with van der Waals surface area (Å²) < 4.78 is 5.65. The first-order valence-corrected chi connectivity index (χ1v) is 7.46. The van der Waals surface area contributed by atoms with Crippen LogP contribution in [0.2, 0.25) is 0 Å². The van der Waals surface area contributed by atoms with Crippen molar-refractivity contribution in [1.82, 2.24) is 10.6 Å². The third-order valence-corrected chi connectivity index (χ3v) is 4.54. The zero-order valence-electron chi connectivity index (χ0n) is 11.9. The largest absolute Gasteiger partial charge is 0.493 e. The van der Waals surface area contributed by atoms with Gasteiger partial charge in [0.15, 0.2) is 0 Å². The molecule has 1 aromatic carbocycles. The summed E-state index contributed by atoms with van der Waals surface area (Å²) in [6.07, 6.45) is 0.969. The molecule has 0 spiro atoms. The number of hydrogen-bond acceptors (Lipinski definition) is 3. The fourth-order valence-electron chi connectivity index (χ4n) is 2.89. The Labute approximate surface area is 119 Å². The molecule has 0 aromatic heterocycles. The molecule has 108 valence electrons. The van der Waals surface area contributed by atoms with Gasteiger partial charge in [-0.3, -0.25) is 4.79 Å². The van der Waals surface area contributed by atoms with Crippen LogP contribution in [0, 0.1) is 11.8 Å². The third kappa shape index (κ3) is 2.66. The Kier molecular flexibility index (Phi) is 3.92. The summed E-state index contributed by atoms with van der Waals surface area (Å²) >= 11 is 0. The highest BCUT2D eigenvalue weighted by Gasteiger charge is 2.29. The van der Waals surface area contributed by atoms with Gasteiger partial charge in [-0.15, -0.1) is 0 Å². The highest BCUT2D eigenvalue weighted by atomic mass is 16.5. The highest BCUT2D eigenvalue weighted by Crippen LogP contribution is 2.32. The normalized spacial score (nSPS) is 23.1. The SMILES string of the molecule is CC(C(=O)NCC1CCOc2ccccc21)C1CNC1. The van der Waals surface area contributed by atoms with Gasteiger partial charge in [-0.2, -0.15) is 0 Å². The fourth-order valence-corrected chi connectivity index (χ4v) is 2.89. The number of nitrogens with one attached hydrogen (secondary N) is 2. The predicted octanol–water partition coefficient (Wildman–Crippen LogP) is 1.52. The van der Waals surface area contributed by atoms with Crippen LogP contribution in [0.5, 0.6) is 5.75 Å². The average Bonchev–Trinajstić information content (AvgIpc) is 2.42. The summed E-state index contributed by atoms with van der Waals surface area (Å²) in [6, 6.07) is 8.13. The van der Waals surface area contributed by atoms with Crippen LogP contribution in [0.4, 0.5) is 0 Å². The Hall–Kier alpha value is -1.55. The lowest BCUT2D eigenvalue weighted by molar-refractivity contribution is -0.126. The van der Waals surface area contributed by atoms with Crippen LogP contribution in [-0.4, -0.2) is 32.1 Å². The van der Waals surface area contributed by atoms with E-state index in [1.165, 1.54) is 5.56 Å². The minimum atomic E-state index is 0.103. The lowest BCUT2D eigenvalue weighted by Gasteiger charge is -2.32. The van der Waals surface area contributed by atoms with Crippen LogP contribution < -0.4 is 15.4 Å². The van der Waals surface area contributed by atoms with Crippen molar-refractivity contribution >= 4 is 5.91 Å². The number of para-hydroxylation sites is 1. The molecule has 2 aliphatic rings. The lowest BCUT2D eigenvalue weighted by atomic mass is 9.88. The molecule has 2 aliphatic heterocycles. The molecule has 3 rings (SSSR count). The number of benzene rings is 1. The number of fused-ring (bicyclic) bond motifs is 1. The van der Waals surface area contributed by atoms with Gasteiger partial charge in [0, 0.05) is 18.4 Å². The van der Waals surface area contributed by atoms with Gasteiger partial charge < -0.3 is 15.4 Å². The van der Waals surface area contributed by atoms with E-state index in [9.17, 15) is 4.79 Å². The molecule has 4 heteroatoms. The van der Waals surface area contributed by atoms with Crippen molar-refractivity contribution in [2.75, 3.05) is 26.2 Å². The van der Waals surface area contributed by atoms with E-state index in [1.807, 2.05) is 25.1 Å². The van der Waals surface area contributed by atoms with E-state index in [2.05, 4.69) is 16.7 Å². The molecule has 1 saturated heterocycles. The van der Waals surface area contributed by atoms with Crippen molar-refractivity contribution in [1.29, 1.82) is 0 Å². The molecule has 0 bridgehead atoms. The van der Waals surface area contributed by atoms with Crippen LogP contribution in [0.3, 0.4) is 0 Å². The van der Waals surface area contributed by atoms with E-state index in [0.29, 0.717) is 18.4 Å². The van der Waals surface area contributed by atoms with Crippen molar-refractivity contribution < 1.29 is 9.53 Å². The van der Waals surface area contributed by atoms with Crippen molar-refractivity contribution in [3.05, 3.63) is 29.8 Å². The molecule has 1 aromatic rings. The first-order valence-electron chi connectivity index (χ1n) is 7.46. The van der Waals surface area contributed by atoms with Crippen molar-refractivity contribution in [2.24, 2.45) is 11.8 Å². The summed E-state index contributed by atoms with van der Waals surface area (Å²) in [5, 5.41) is 6.34. The number of hydrogen-bond donors (Lipinski definition) is 2. The van der Waals surface area contributed by atoms with Crippen LogP contribution in [0.25, 0.3) is 0 Å². The van der Waals surface area contributed by atoms with Gasteiger partial charge in [-0.1, -0.05) is 25.1 Å². The smallest absolute Gasteiger partial charge is 0.223 e. The van der Waals surface area contributed by atoms with Gasteiger partial charge in [-0.05, 0) is 37.1 Å². The summed E-state index contributed by atoms with van der Waals surface area (Å²) in [7, 11) is 0. The van der Waals surface area contributed by atoms with Crippen LogP contribution in [-0.2, 0) is 4.79 Å². The second kappa shape index (κ2) is 5.83. The average molecular weight is 274 g/mol. The molecule has 2 unspecified atom stereocenters. The van der Waals surface area contributed by atoms with E-state index in [0.717, 1.165) is 31.9 Å². The Morgan fingerprint density at radius 3 is 3.00 bits per heavy atom. The molecule has 1 fully saturated rings. The van der Waals surface area contributed by atoms with E-state index in [-0.39, 0.29) is 11.8 Å². The van der Waals surface area contributed by atoms with E-state index < -0.39 is 0 Å². The molecular formula is C16H22N2O2. The molecule has 0 radical (unpaired) electrons. The molecule has 20 heavy (non-hydrogen) atoms. The zero-order valence-corrected chi connectivity index (χ0v) is 11.9. The van der Waals surface area contributed by atoms with Crippen molar-refractivity contribution in [3.63, 3.8) is 0 Å². The Bertz CT molecular complexity index is 485. The van der Waals surface area contributed by atoms with Gasteiger partial charge in [0.25, 0.3) is 0 Å². The number of amides is 1. The van der Waals surface area contributed by atoms with E-state index in [4.69, 9.17) is 4.74 Å². The second-order valence-electron chi connectivity index (χ2n) is 5.82. The number of carbonyl (C=O) groups excluding carboxylic acids is 1. The standard InChI is InChI=1S/C16H22N2O2/c1-11(13-8-17-9-13)16(19)18-10-12-6-7-20-15-5-3-2-4-14(12)15/h2-5,11-13,17H,6-10H2,1H3,(H,18,19). The Morgan fingerprint density at radius 2 is 2.25 bits per heavy atom. The van der Waals surface area contributed by atoms with Crippen LogP contribution >= 0.6 is 0 Å². The topological polar surface area (TPSA) is 50.4 Å². The minimum absolute atomic E-state index is 0.103. The zero-order chi connectivity index (χ0) is 13.9. The molecular weight excluding hydrogens is 252 g/mol. The predicted molar refractivity (Wildman–Crippen MR) is 77.8 cm³/mol. The van der Waals surface area contributed by atoms with Gasteiger partial charge in [0.1, 0.15) is 5.75 Å². The molecule has 2 N–H and O–H groups in total. The second-order valence-corrected chi connectivity index (χ2v) is 5.82. The maximum absolute atomic E-state index is 12.2. The molecule has 0 saturated carbocycles. The third-order valence-electron chi connectivity index (χ3n) is 4.54. The molecule has 4 nitrogen and oxygen atoms in total. The molecule has 2 heterocycles. The van der Waals surface area contributed by atoms with Gasteiger partial charge in [0.05, 0.1) is 6.61 Å². The van der Waals surface area contributed by atoms with Gasteiger partial charge in [-0.25, -0.2) is 0 Å². The Balaban J connectivity index is 1.57. The first-order chi connectivity index (χ1) is 9.75. The minimum Gasteiger partial charge on any atom is -0.493 e. The van der Waals surface area contributed by atoms with Crippen molar-refractivity contribution in [3.8, 4) is 5.75 Å². The molecule has 0 aliphatic carbocycles.